The molecule has 0 radical (unpaired) electrons. The third kappa shape index (κ3) is 4.67. The van der Waals surface area contributed by atoms with E-state index in [1.807, 2.05) is 38.1 Å². The highest BCUT2D eigenvalue weighted by molar-refractivity contribution is 5.93. The van der Waals surface area contributed by atoms with Crippen molar-refractivity contribution in [3.8, 4) is 5.75 Å². The lowest BCUT2D eigenvalue weighted by Gasteiger charge is -2.15. The third-order valence-electron chi connectivity index (χ3n) is 3.65. The quantitative estimate of drug-likeness (QED) is 0.839. The van der Waals surface area contributed by atoms with Crippen molar-refractivity contribution in [2.24, 2.45) is 0 Å². The summed E-state index contributed by atoms with van der Waals surface area (Å²) in [6, 6.07) is 11.1. The number of ether oxygens (including phenoxy) is 2. The maximum absolute atomic E-state index is 12.0. The molecular formula is C18H22N4O3. The van der Waals surface area contributed by atoms with Gasteiger partial charge in [0.25, 0.3) is 5.91 Å². The van der Waals surface area contributed by atoms with Crippen LogP contribution in [-0.4, -0.2) is 34.9 Å². The summed E-state index contributed by atoms with van der Waals surface area (Å²) in [6.45, 7) is 4.58. The molecule has 1 aromatic carbocycles. The molecule has 0 spiro atoms. The monoisotopic (exact) mass is 342 g/mol. The minimum absolute atomic E-state index is 0.0735. The van der Waals surface area contributed by atoms with Crippen LogP contribution >= 0.6 is 0 Å². The third-order valence-corrected chi connectivity index (χ3v) is 3.65. The molecule has 1 amide bonds. The molecule has 7 nitrogen and oxygen atoms in total. The van der Waals surface area contributed by atoms with Crippen LogP contribution in [0.25, 0.3) is 0 Å². The van der Waals surface area contributed by atoms with Gasteiger partial charge in [-0.1, -0.05) is 12.1 Å². The number of nitrogens with zero attached hydrogens (tertiary/aromatic N) is 2. The molecule has 0 bridgehead atoms. The fourth-order valence-corrected chi connectivity index (χ4v) is 2.52. The van der Waals surface area contributed by atoms with Crippen LogP contribution < -0.4 is 15.4 Å². The predicted molar refractivity (Wildman–Crippen MR) is 95.1 cm³/mol. The summed E-state index contributed by atoms with van der Waals surface area (Å²) >= 11 is 0. The number of hydrogen-bond acceptors (Lipinski definition) is 6. The SMILES string of the molecule is CC(C)Oc1ccccc1Nc1ccc(NC(=O)C2CCCO2)nn1. The summed E-state index contributed by atoms with van der Waals surface area (Å²) in [5.74, 6) is 1.53. The van der Waals surface area contributed by atoms with Gasteiger partial charge in [-0.25, -0.2) is 0 Å². The van der Waals surface area contributed by atoms with Crippen molar-refractivity contribution in [3.05, 3.63) is 36.4 Å². The Hall–Kier alpha value is -2.67. The minimum Gasteiger partial charge on any atom is -0.489 e. The van der Waals surface area contributed by atoms with E-state index in [0.29, 0.717) is 18.2 Å². The number of amides is 1. The molecule has 0 saturated carbocycles. The zero-order valence-electron chi connectivity index (χ0n) is 14.4. The Morgan fingerprint density at radius 2 is 1.96 bits per heavy atom. The molecular weight excluding hydrogens is 320 g/mol. The lowest BCUT2D eigenvalue weighted by molar-refractivity contribution is -0.124. The van der Waals surface area contributed by atoms with E-state index < -0.39 is 0 Å². The maximum Gasteiger partial charge on any atom is 0.254 e. The van der Waals surface area contributed by atoms with E-state index in [1.165, 1.54) is 0 Å². The van der Waals surface area contributed by atoms with Crippen molar-refractivity contribution >= 4 is 23.2 Å². The Morgan fingerprint density at radius 1 is 1.20 bits per heavy atom. The second-order valence-corrected chi connectivity index (χ2v) is 6.08. The molecule has 2 heterocycles. The topological polar surface area (TPSA) is 85.4 Å². The fourth-order valence-electron chi connectivity index (χ4n) is 2.52. The normalized spacial score (nSPS) is 16.7. The van der Waals surface area contributed by atoms with Crippen molar-refractivity contribution in [2.75, 3.05) is 17.2 Å². The molecule has 3 rings (SSSR count). The first-order chi connectivity index (χ1) is 12.1. The van der Waals surface area contributed by atoms with Gasteiger partial charge in [-0.3, -0.25) is 4.79 Å². The van der Waals surface area contributed by atoms with Gasteiger partial charge in [0, 0.05) is 6.61 Å². The summed E-state index contributed by atoms with van der Waals surface area (Å²) in [5, 5.41) is 14.0. The molecule has 1 saturated heterocycles. The van der Waals surface area contributed by atoms with E-state index >= 15 is 0 Å². The second-order valence-electron chi connectivity index (χ2n) is 6.08. The van der Waals surface area contributed by atoms with E-state index in [9.17, 15) is 4.79 Å². The van der Waals surface area contributed by atoms with Gasteiger partial charge in [0.15, 0.2) is 11.6 Å². The Labute approximate surface area is 146 Å². The van der Waals surface area contributed by atoms with Crippen LogP contribution in [0.2, 0.25) is 0 Å². The number of nitrogens with one attached hydrogen (secondary N) is 2. The van der Waals surface area contributed by atoms with Gasteiger partial charge in [0.1, 0.15) is 11.9 Å². The first kappa shape index (κ1) is 17.2. The fraction of sp³-hybridized carbons (Fsp3) is 0.389. The standard InChI is InChI=1S/C18H22N4O3/c1-12(2)25-14-7-4-3-6-13(14)19-16-9-10-17(22-21-16)20-18(23)15-8-5-11-24-15/h3-4,6-7,9-10,12,15H,5,8,11H2,1-2H3,(H,19,21)(H,20,22,23). The number of rotatable bonds is 6. The maximum atomic E-state index is 12.0. The number of hydrogen-bond donors (Lipinski definition) is 2. The highest BCUT2D eigenvalue weighted by Gasteiger charge is 2.23. The number of carbonyl (C=O) groups excluding carboxylic acids is 1. The molecule has 1 aliphatic heterocycles. The number of aromatic nitrogens is 2. The summed E-state index contributed by atoms with van der Waals surface area (Å²) in [7, 11) is 0. The van der Waals surface area contributed by atoms with Gasteiger partial charge in [-0.05, 0) is 51.0 Å². The van der Waals surface area contributed by atoms with Gasteiger partial charge in [-0.2, -0.15) is 0 Å². The molecule has 7 heteroatoms. The molecule has 2 aromatic rings. The lowest BCUT2D eigenvalue weighted by atomic mass is 10.2. The lowest BCUT2D eigenvalue weighted by Crippen LogP contribution is -2.27. The van der Waals surface area contributed by atoms with E-state index in [4.69, 9.17) is 9.47 Å². The highest BCUT2D eigenvalue weighted by Crippen LogP contribution is 2.27. The molecule has 1 aliphatic rings. The van der Waals surface area contributed by atoms with Crippen LogP contribution in [0.3, 0.4) is 0 Å². The molecule has 2 N–H and O–H groups in total. The van der Waals surface area contributed by atoms with E-state index in [-0.39, 0.29) is 18.1 Å². The molecule has 0 aliphatic carbocycles. The smallest absolute Gasteiger partial charge is 0.254 e. The highest BCUT2D eigenvalue weighted by atomic mass is 16.5. The Bertz CT molecular complexity index is 713. The molecule has 1 fully saturated rings. The molecule has 1 atom stereocenters. The van der Waals surface area contributed by atoms with Gasteiger partial charge in [0.05, 0.1) is 11.8 Å². The molecule has 1 aromatic heterocycles. The van der Waals surface area contributed by atoms with E-state index in [2.05, 4.69) is 20.8 Å². The van der Waals surface area contributed by atoms with Crippen molar-refractivity contribution in [3.63, 3.8) is 0 Å². The van der Waals surface area contributed by atoms with E-state index in [0.717, 1.165) is 24.3 Å². The number of para-hydroxylation sites is 2. The first-order valence-corrected chi connectivity index (χ1v) is 8.41. The summed E-state index contributed by atoms with van der Waals surface area (Å²) in [5.41, 5.74) is 0.807. The minimum atomic E-state index is -0.389. The Balaban J connectivity index is 1.64. The number of anilines is 3. The molecule has 132 valence electrons. The summed E-state index contributed by atoms with van der Waals surface area (Å²) in [4.78, 5) is 12.0. The van der Waals surface area contributed by atoms with Crippen LogP contribution in [0.15, 0.2) is 36.4 Å². The van der Waals surface area contributed by atoms with Crippen molar-refractivity contribution in [1.29, 1.82) is 0 Å². The van der Waals surface area contributed by atoms with Crippen LogP contribution in [0.5, 0.6) is 5.75 Å². The average molecular weight is 342 g/mol. The number of carbonyl (C=O) groups is 1. The molecule has 1 unspecified atom stereocenters. The zero-order chi connectivity index (χ0) is 17.6. The Kier molecular flexibility index (Phi) is 5.45. The molecule has 25 heavy (non-hydrogen) atoms. The summed E-state index contributed by atoms with van der Waals surface area (Å²) in [6.07, 6.45) is 1.33. The van der Waals surface area contributed by atoms with Gasteiger partial charge in [0.2, 0.25) is 0 Å². The number of benzene rings is 1. The largest absolute Gasteiger partial charge is 0.489 e. The second kappa shape index (κ2) is 7.94. The van der Waals surface area contributed by atoms with E-state index in [1.54, 1.807) is 12.1 Å². The predicted octanol–water partition coefficient (Wildman–Crippen LogP) is 3.12. The zero-order valence-corrected chi connectivity index (χ0v) is 14.4. The van der Waals surface area contributed by atoms with Gasteiger partial charge in [-0.15, -0.1) is 10.2 Å². The van der Waals surface area contributed by atoms with Crippen LogP contribution in [0.4, 0.5) is 17.3 Å². The van der Waals surface area contributed by atoms with Crippen molar-refractivity contribution in [2.45, 2.75) is 38.9 Å². The van der Waals surface area contributed by atoms with Gasteiger partial charge < -0.3 is 20.1 Å². The average Bonchev–Trinajstić information content (AvgIpc) is 3.13. The van der Waals surface area contributed by atoms with Crippen molar-refractivity contribution in [1.82, 2.24) is 10.2 Å². The van der Waals surface area contributed by atoms with Crippen LogP contribution in [0, 0.1) is 0 Å². The summed E-state index contributed by atoms with van der Waals surface area (Å²) < 4.78 is 11.1. The first-order valence-electron chi connectivity index (χ1n) is 8.41. The van der Waals surface area contributed by atoms with Gasteiger partial charge >= 0.3 is 0 Å². The van der Waals surface area contributed by atoms with Crippen LogP contribution in [-0.2, 0) is 9.53 Å². The van der Waals surface area contributed by atoms with Crippen LogP contribution in [0.1, 0.15) is 26.7 Å². The Morgan fingerprint density at radius 3 is 2.64 bits per heavy atom. The van der Waals surface area contributed by atoms with Crippen molar-refractivity contribution < 1.29 is 14.3 Å².